The van der Waals surface area contributed by atoms with Crippen molar-refractivity contribution in [2.24, 2.45) is 11.3 Å². The van der Waals surface area contributed by atoms with Gasteiger partial charge in [-0.2, -0.15) is 0 Å². The summed E-state index contributed by atoms with van der Waals surface area (Å²) in [6, 6.07) is 14.1. The molecule has 3 amide bonds. The largest absolute Gasteiger partial charge is 0.508 e. The highest BCUT2D eigenvalue weighted by molar-refractivity contribution is 5.95. The molecule has 3 heterocycles. The first-order chi connectivity index (χ1) is 26.7. The maximum atomic E-state index is 14.0. The molecule has 12 nitrogen and oxygen atoms in total. The summed E-state index contributed by atoms with van der Waals surface area (Å²) in [5.41, 5.74) is 10.6. The molecule has 0 aliphatic carbocycles. The predicted molar refractivity (Wildman–Crippen MR) is 220 cm³/mol. The Kier molecular flexibility index (Phi) is 14.0. The van der Waals surface area contributed by atoms with Gasteiger partial charge in [0.1, 0.15) is 17.8 Å². The number of rotatable bonds is 17. The first-order valence-electron chi connectivity index (χ1n) is 19.7. The van der Waals surface area contributed by atoms with E-state index < -0.39 is 18.0 Å². The third-order valence-electron chi connectivity index (χ3n) is 10.8. The van der Waals surface area contributed by atoms with Crippen LogP contribution in [-0.4, -0.2) is 95.8 Å². The van der Waals surface area contributed by atoms with Crippen molar-refractivity contribution >= 4 is 29.1 Å². The Morgan fingerprint density at radius 2 is 1.86 bits per heavy atom. The monoisotopic (exact) mass is 768 g/mol. The van der Waals surface area contributed by atoms with Crippen LogP contribution in [0.25, 0.3) is 33.3 Å². The number of amides is 3. The number of pyridine rings is 1. The molecule has 2 aromatic heterocycles. The van der Waals surface area contributed by atoms with E-state index in [2.05, 4.69) is 60.3 Å². The van der Waals surface area contributed by atoms with E-state index in [1.54, 1.807) is 44.6 Å². The maximum Gasteiger partial charge on any atom is 0.259 e. The van der Waals surface area contributed by atoms with Crippen LogP contribution < -0.4 is 10.7 Å². The second kappa shape index (κ2) is 18.4. The molecule has 3 atom stereocenters. The molecule has 56 heavy (non-hydrogen) atoms. The topological polar surface area (TPSA) is 138 Å². The molecule has 1 fully saturated rings. The SMILES string of the molecule is CCn1c(-c2cccnc2C(C)OC)c(CC(C)(C)COC)c2cc(-c3cc(O)cc(CC(NC(=O)C(C(C)C)N(C)C=O)C(=O)N4CCCCN4)c3)ccc21. The van der Waals surface area contributed by atoms with Crippen molar-refractivity contribution in [3.8, 4) is 28.1 Å². The van der Waals surface area contributed by atoms with Crippen LogP contribution in [0.3, 0.4) is 0 Å². The Morgan fingerprint density at radius 1 is 1.09 bits per heavy atom. The number of hydrazine groups is 1. The van der Waals surface area contributed by atoms with Crippen LogP contribution in [0, 0.1) is 11.3 Å². The highest BCUT2D eigenvalue weighted by atomic mass is 16.5. The lowest BCUT2D eigenvalue weighted by atomic mass is 9.84. The number of likely N-dealkylation sites (N-methyl/N-ethyl adjacent to an activating group) is 1. The quantitative estimate of drug-likeness (QED) is 0.107. The molecule has 12 heteroatoms. The van der Waals surface area contributed by atoms with E-state index in [9.17, 15) is 19.5 Å². The molecule has 1 saturated heterocycles. The minimum Gasteiger partial charge on any atom is -0.508 e. The summed E-state index contributed by atoms with van der Waals surface area (Å²) >= 11 is 0. The number of aromatic hydroxyl groups is 1. The predicted octanol–water partition coefficient (Wildman–Crippen LogP) is 6.29. The zero-order chi connectivity index (χ0) is 40.7. The van der Waals surface area contributed by atoms with Gasteiger partial charge in [0.15, 0.2) is 0 Å². The number of aromatic nitrogens is 2. The zero-order valence-electron chi connectivity index (χ0n) is 34.5. The van der Waals surface area contributed by atoms with Gasteiger partial charge < -0.3 is 29.4 Å². The minimum absolute atomic E-state index is 0.0498. The molecular formula is C44H60N6O6. The molecule has 1 aliphatic heterocycles. The van der Waals surface area contributed by atoms with Gasteiger partial charge in [0, 0.05) is 70.0 Å². The Labute approximate surface area is 331 Å². The second-order valence-electron chi connectivity index (χ2n) is 16.1. The number of carbonyl (C=O) groups excluding carboxylic acids is 3. The molecule has 0 radical (unpaired) electrons. The molecule has 0 spiro atoms. The number of nitrogens with zero attached hydrogens (tertiary/aromatic N) is 4. The normalized spacial score (nSPS) is 15.1. The van der Waals surface area contributed by atoms with Gasteiger partial charge in [0.25, 0.3) is 5.91 Å². The number of methoxy groups -OCH3 is 2. The van der Waals surface area contributed by atoms with E-state index in [0.29, 0.717) is 31.7 Å². The minimum atomic E-state index is -0.939. The number of hydrogen-bond acceptors (Lipinski definition) is 8. The fourth-order valence-corrected chi connectivity index (χ4v) is 8.13. The molecule has 3 N–H and O–H groups in total. The third-order valence-corrected chi connectivity index (χ3v) is 10.8. The molecule has 0 bridgehead atoms. The summed E-state index contributed by atoms with van der Waals surface area (Å²) in [6.07, 6.45) is 4.88. The van der Waals surface area contributed by atoms with E-state index in [4.69, 9.17) is 14.5 Å². The van der Waals surface area contributed by atoms with Crippen molar-refractivity contribution < 1.29 is 29.0 Å². The number of hydrogen-bond donors (Lipinski definition) is 3. The fourth-order valence-electron chi connectivity index (χ4n) is 8.13. The van der Waals surface area contributed by atoms with Crippen molar-refractivity contribution in [2.45, 2.75) is 92.0 Å². The van der Waals surface area contributed by atoms with Crippen molar-refractivity contribution in [3.63, 3.8) is 0 Å². The highest BCUT2D eigenvalue weighted by Gasteiger charge is 2.33. The number of nitrogens with one attached hydrogen (secondary N) is 2. The van der Waals surface area contributed by atoms with Gasteiger partial charge in [0.2, 0.25) is 12.3 Å². The number of ether oxygens (including phenoxy) is 2. The van der Waals surface area contributed by atoms with Gasteiger partial charge in [-0.3, -0.25) is 24.4 Å². The summed E-state index contributed by atoms with van der Waals surface area (Å²) in [7, 11) is 4.99. The van der Waals surface area contributed by atoms with Crippen molar-refractivity contribution in [2.75, 3.05) is 41.0 Å². The lowest BCUT2D eigenvalue weighted by Crippen LogP contribution is -2.58. The van der Waals surface area contributed by atoms with Gasteiger partial charge in [-0.25, -0.2) is 5.43 Å². The van der Waals surface area contributed by atoms with Crippen LogP contribution in [0.4, 0.5) is 0 Å². The number of aryl methyl sites for hydroxylation is 1. The average molecular weight is 769 g/mol. The Balaban J connectivity index is 1.62. The molecule has 0 saturated carbocycles. The second-order valence-corrected chi connectivity index (χ2v) is 16.1. The number of phenols is 1. The van der Waals surface area contributed by atoms with Gasteiger partial charge >= 0.3 is 0 Å². The van der Waals surface area contributed by atoms with E-state index in [-0.39, 0.29) is 35.5 Å². The standard InChI is InChI=1S/C44H60N6O6/c1-10-49-38-16-15-31(24-35(38)36(25-44(5,6)26-55-8)41(49)34-14-13-17-45-39(34)29(4)56-9)32-20-30(21-33(52)23-32)22-37(43(54)50-19-12-11-18-46-50)47-42(53)40(28(2)3)48(7)27-51/h13-17,20-21,23-24,27-29,37,40,46,52H,10-12,18-19,22,25-26H2,1-9H3,(H,47,53). The average Bonchev–Trinajstić information content (AvgIpc) is 3.48. The number of carbonyl (C=O) groups is 3. The van der Waals surface area contributed by atoms with Gasteiger partial charge in [0.05, 0.1) is 24.1 Å². The van der Waals surface area contributed by atoms with Crippen molar-refractivity contribution in [1.82, 2.24) is 30.2 Å². The smallest absolute Gasteiger partial charge is 0.259 e. The summed E-state index contributed by atoms with van der Waals surface area (Å²) in [4.78, 5) is 45.5. The van der Waals surface area contributed by atoms with Crippen LogP contribution in [0.2, 0.25) is 0 Å². The molecule has 5 rings (SSSR count). The maximum absolute atomic E-state index is 14.0. The lowest BCUT2D eigenvalue weighted by molar-refractivity contribution is -0.142. The fraction of sp³-hybridized carbons (Fsp3) is 0.500. The molecule has 2 aromatic carbocycles. The van der Waals surface area contributed by atoms with Crippen molar-refractivity contribution in [1.29, 1.82) is 0 Å². The summed E-state index contributed by atoms with van der Waals surface area (Å²) < 4.78 is 13.8. The highest BCUT2D eigenvalue weighted by Crippen LogP contribution is 2.42. The number of fused-ring (bicyclic) bond motifs is 1. The number of phenolic OH excluding ortho intramolecular Hbond substituents is 1. The van der Waals surface area contributed by atoms with Gasteiger partial charge in [-0.05, 0) is 103 Å². The molecular weight excluding hydrogens is 709 g/mol. The Morgan fingerprint density at radius 3 is 2.50 bits per heavy atom. The molecule has 4 aromatic rings. The lowest BCUT2D eigenvalue weighted by Gasteiger charge is -2.33. The summed E-state index contributed by atoms with van der Waals surface area (Å²) in [6.45, 7) is 14.8. The number of benzene rings is 2. The zero-order valence-corrected chi connectivity index (χ0v) is 34.5. The van der Waals surface area contributed by atoms with Crippen LogP contribution in [0.1, 0.15) is 77.3 Å². The van der Waals surface area contributed by atoms with Crippen LogP contribution in [-0.2, 0) is 43.2 Å². The Bertz CT molecular complexity index is 2000. The van der Waals surface area contributed by atoms with Gasteiger partial charge in [-0.1, -0.05) is 39.8 Å². The molecule has 1 aliphatic rings. The molecule has 302 valence electrons. The van der Waals surface area contributed by atoms with Crippen LogP contribution in [0.15, 0.2) is 54.7 Å². The van der Waals surface area contributed by atoms with Crippen LogP contribution in [0.5, 0.6) is 5.75 Å². The molecule has 3 unspecified atom stereocenters. The van der Waals surface area contributed by atoms with E-state index in [1.807, 2.05) is 32.9 Å². The Hall–Kier alpha value is -4.78. The van der Waals surface area contributed by atoms with Crippen molar-refractivity contribution in [3.05, 3.63) is 71.5 Å². The van der Waals surface area contributed by atoms with E-state index >= 15 is 0 Å². The third kappa shape index (κ3) is 9.42. The summed E-state index contributed by atoms with van der Waals surface area (Å²) in [5.74, 6) is -0.811. The van der Waals surface area contributed by atoms with E-state index in [0.717, 1.165) is 64.8 Å². The first-order valence-corrected chi connectivity index (χ1v) is 19.7. The van der Waals surface area contributed by atoms with E-state index in [1.165, 1.54) is 10.5 Å². The van der Waals surface area contributed by atoms with Gasteiger partial charge in [-0.15, -0.1) is 0 Å². The summed E-state index contributed by atoms with van der Waals surface area (Å²) in [5, 5.41) is 16.8. The first kappa shape index (κ1) is 42.4. The van der Waals surface area contributed by atoms with Crippen LogP contribution >= 0.6 is 0 Å².